The van der Waals surface area contributed by atoms with Gasteiger partial charge in [0.05, 0.1) is 0 Å². The van der Waals surface area contributed by atoms with Crippen molar-refractivity contribution in [3.05, 3.63) is 0 Å². The van der Waals surface area contributed by atoms with Gasteiger partial charge in [-0.3, -0.25) is 19.9 Å². The number of guanidine groups is 1. The summed E-state index contributed by atoms with van der Waals surface area (Å²) in [5.41, 5.74) is 5.69. The summed E-state index contributed by atoms with van der Waals surface area (Å²) in [6.07, 6.45) is 0.893. The maximum Gasteiger partial charge on any atom is 0.320 e. The van der Waals surface area contributed by atoms with Crippen LogP contribution >= 0.6 is 0 Å². The third-order valence-electron chi connectivity index (χ3n) is 2.08. The molecule has 16 heavy (non-hydrogen) atoms. The Kier molecular flexibility index (Phi) is 4.12. The monoisotopic (exact) mass is 226 g/mol. The Labute approximate surface area is 92.5 Å². The van der Waals surface area contributed by atoms with Crippen LogP contribution < -0.4 is 11.1 Å². The minimum atomic E-state index is -1.02. The van der Waals surface area contributed by atoms with Crippen molar-refractivity contribution in [3.8, 4) is 0 Å². The molecule has 88 valence electrons. The highest BCUT2D eigenvalue weighted by atomic mass is 16.4. The van der Waals surface area contributed by atoms with E-state index in [2.05, 4.69) is 15.3 Å². The number of aliphatic carboxylic acids is 1. The molecule has 1 amide bonds. The first-order valence-electron chi connectivity index (χ1n) is 4.90. The Morgan fingerprint density at radius 2 is 2.38 bits per heavy atom. The molecule has 1 atom stereocenters. The summed E-state index contributed by atoms with van der Waals surface area (Å²) in [5, 5.41) is 11.0. The fourth-order valence-corrected chi connectivity index (χ4v) is 1.12. The number of nitrogens with two attached hydrogens (primary N) is 1. The molecule has 0 aliphatic carbocycles. The molecule has 0 aromatic heterocycles. The summed E-state index contributed by atoms with van der Waals surface area (Å²) >= 11 is 0. The summed E-state index contributed by atoms with van der Waals surface area (Å²) in [6.45, 7) is 1.99. The standard InChI is InChI=1S/C9H14N4O3/c1-5-7(14)13-9(12-5)11-4-2-3-6(10)8(15)16/h6H,2-4,10H2,1H3,(H,15,16)(H,11,13,14)/t6-/m0/s1. The summed E-state index contributed by atoms with van der Waals surface area (Å²) < 4.78 is 0. The van der Waals surface area contributed by atoms with Crippen LogP contribution in [0.1, 0.15) is 19.8 Å². The highest BCUT2D eigenvalue weighted by molar-refractivity contribution is 6.45. The van der Waals surface area contributed by atoms with Crippen LogP contribution in [0.25, 0.3) is 0 Å². The number of carboxylic acids is 1. The van der Waals surface area contributed by atoms with Crippen LogP contribution in [-0.4, -0.2) is 41.2 Å². The van der Waals surface area contributed by atoms with Crippen molar-refractivity contribution in [1.82, 2.24) is 5.32 Å². The van der Waals surface area contributed by atoms with Gasteiger partial charge in [0.1, 0.15) is 11.8 Å². The van der Waals surface area contributed by atoms with Crippen molar-refractivity contribution < 1.29 is 14.7 Å². The van der Waals surface area contributed by atoms with E-state index in [9.17, 15) is 9.59 Å². The molecule has 0 saturated heterocycles. The van der Waals surface area contributed by atoms with E-state index >= 15 is 0 Å². The number of carboxylic acid groups (broad SMARTS) is 1. The summed E-state index contributed by atoms with van der Waals surface area (Å²) in [4.78, 5) is 29.3. The van der Waals surface area contributed by atoms with Gasteiger partial charge in [0, 0.05) is 6.54 Å². The third kappa shape index (κ3) is 3.43. The average molecular weight is 226 g/mol. The van der Waals surface area contributed by atoms with Crippen molar-refractivity contribution in [3.63, 3.8) is 0 Å². The second kappa shape index (κ2) is 5.36. The van der Waals surface area contributed by atoms with E-state index in [1.807, 2.05) is 0 Å². The molecule has 1 heterocycles. The summed E-state index contributed by atoms with van der Waals surface area (Å²) in [7, 11) is 0. The molecule has 1 aliphatic rings. The maximum absolute atomic E-state index is 11.0. The van der Waals surface area contributed by atoms with E-state index < -0.39 is 12.0 Å². The van der Waals surface area contributed by atoms with Crippen molar-refractivity contribution in [1.29, 1.82) is 0 Å². The normalized spacial score (nSPS) is 19.5. The molecule has 1 rings (SSSR count). The second-order valence-electron chi connectivity index (χ2n) is 3.44. The predicted molar refractivity (Wildman–Crippen MR) is 58.4 cm³/mol. The van der Waals surface area contributed by atoms with Crippen LogP contribution in [0.5, 0.6) is 0 Å². The number of carbonyl (C=O) groups is 2. The maximum atomic E-state index is 11.0. The first kappa shape index (κ1) is 12.3. The topological polar surface area (TPSA) is 117 Å². The van der Waals surface area contributed by atoms with Crippen LogP contribution in [0.4, 0.5) is 0 Å². The molecule has 7 heteroatoms. The predicted octanol–water partition coefficient (Wildman–Crippen LogP) is -0.875. The van der Waals surface area contributed by atoms with Gasteiger partial charge in [-0.05, 0) is 19.8 Å². The largest absolute Gasteiger partial charge is 0.480 e. The van der Waals surface area contributed by atoms with E-state index in [4.69, 9.17) is 10.8 Å². The number of nitrogens with one attached hydrogen (secondary N) is 1. The first-order chi connectivity index (χ1) is 7.50. The number of rotatable bonds is 5. The van der Waals surface area contributed by atoms with E-state index in [0.29, 0.717) is 25.1 Å². The van der Waals surface area contributed by atoms with Gasteiger partial charge in [0.2, 0.25) is 5.96 Å². The molecule has 0 aromatic rings. The zero-order valence-electron chi connectivity index (χ0n) is 8.93. The minimum Gasteiger partial charge on any atom is -0.480 e. The molecule has 4 N–H and O–H groups in total. The van der Waals surface area contributed by atoms with E-state index in [0.717, 1.165) is 0 Å². The lowest BCUT2D eigenvalue weighted by atomic mass is 10.2. The van der Waals surface area contributed by atoms with Crippen LogP contribution in [0, 0.1) is 0 Å². The van der Waals surface area contributed by atoms with Crippen LogP contribution in [0.3, 0.4) is 0 Å². The van der Waals surface area contributed by atoms with Gasteiger partial charge in [-0.1, -0.05) is 0 Å². The van der Waals surface area contributed by atoms with Gasteiger partial charge < -0.3 is 10.8 Å². The Hall–Kier alpha value is -1.76. The zero-order chi connectivity index (χ0) is 12.1. The van der Waals surface area contributed by atoms with Gasteiger partial charge in [-0.15, -0.1) is 0 Å². The molecular weight excluding hydrogens is 212 g/mol. The smallest absolute Gasteiger partial charge is 0.320 e. The Bertz CT molecular complexity index is 362. The van der Waals surface area contributed by atoms with Crippen molar-refractivity contribution in [2.24, 2.45) is 15.7 Å². The molecular formula is C9H14N4O3. The quantitative estimate of drug-likeness (QED) is 0.528. The van der Waals surface area contributed by atoms with Gasteiger partial charge >= 0.3 is 5.97 Å². The highest BCUT2D eigenvalue weighted by Crippen LogP contribution is 1.97. The molecule has 0 spiro atoms. The Morgan fingerprint density at radius 1 is 1.69 bits per heavy atom. The van der Waals surface area contributed by atoms with Gasteiger partial charge in [-0.25, -0.2) is 4.99 Å². The lowest BCUT2D eigenvalue weighted by molar-refractivity contribution is -0.138. The fraction of sp³-hybridized carbons (Fsp3) is 0.556. The van der Waals surface area contributed by atoms with Crippen molar-refractivity contribution in [2.75, 3.05) is 6.54 Å². The van der Waals surface area contributed by atoms with Crippen LogP contribution in [0.2, 0.25) is 0 Å². The minimum absolute atomic E-state index is 0.249. The molecule has 0 bridgehead atoms. The van der Waals surface area contributed by atoms with Crippen LogP contribution in [0.15, 0.2) is 9.98 Å². The van der Waals surface area contributed by atoms with Gasteiger partial charge in [0.25, 0.3) is 5.91 Å². The molecule has 7 nitrogen and oxygen atoms in total. The Morgan fingerprint density at radius 3 is 2.88 bits per heavy atom. The van der Waals surface area contributed by atoms with Gasteiger partial charge in [-0.2, -0.15) is 0 Å². The van der Waals surface area contributed by atoms with Gasteiger partial charge in [0.15, 0.2) is 0 Å². The zero-order valence-corrected chi connectivity index (χ0v) is 8.93. The first-order valence-corrected chi connectivity index (χ1v) is 4.90. The summed E-state index contributed by atoms with van der Waals surface area (Å²) in [5.74, 6) is -0.983. The third-order valence-corrected chi connectivity index (χ3v) is 2.08. The molecule has 0 unspecified atom stereocenters. The number of hydrogen-bond donors (Lipinski definition) is 3. The lowest BCUT2D eigenvalue weighted by Gasteiger charge is -2.03. The van der Waals surface area contributed by atoms with Crippen LogP contribution in [-0.2, 0) is 9.59 Å². The second-order valence-corrected chi connectivity index (χ2v) is 3.44. The number of amides is 1. The highest BCUT2D eigenvalue weighted by Gasteiger charge is 2.16. The SMILES string of the molecule is CC1=NC(=NCCC[C@H](N)C(=O)O)NC1=O. The number of aliphatic imine (C=N–C) groups is 2. The van der Waals surface area contributed by atoms with E-state index in [1.165, 1.54) is 0 Å². The molecule has 1 aliphatic heterocycles. The molecule has 0 saturated carbocycles. The fourth-order valence-electron chi connectivity index (χ4n) is 1.12. The number of carbonyl (C=O) groups excluding carboxylic acids is 1. The van der Waals surface area contributed by atoms with Crippen molar-refractivity contribution >= 4 is 23.5 Å². The molecule has 0 fully saturated rings. The molecule has 0 radical (unpaired) electrons. The summed E-state index contributed by atoms with van der Waals surface area (Å²) in [6, 6.07) is -0.858. The Balaban J connectivity index is 2.29. The number of hydrogen-bond acceptors (Lipinski definition) is 4. The average Bonchev–Trinajstić information content (AvgIpc) is 2.53. The van der Waals surface area contributed by atoms with Crippen molar-refractivity contribution in [2.45, 2.75) is 25.8 Å². The number of nitrogens with zero attached hydrogens (tertiary/aromatic N) is 2. The molecule has 0 aromatic carbocycles. The van der Waals surface area contributed by atoms with E-state index in [1.54, 1.807) is 6.92 Å². The van der Waals surface area contributed by atoms with E-state index in [-0.39, 0.29) is 11.9 Å². The lowest BCUT2D eigenvalue weighted by Crippen LogP contribution is -2.30.